The smallest absolute Gasteiger partial charge is 0.192 e. The molecular weight excluding hydrogens is 396 g/mol. The van der Waals surface area contributed by atoms with E-state index in [1.807, 2.05) is 6.08 Å². The Morgan fingerprint density at radius 3 is 2.07 bits per heavy atom. The van der Waals surface area contributed by atoms with E-state index in [2.05, 4.69) is 122 Å². The monoisotopic (exact) mass is 440 g/mol. The Morgan fingerprint density at radius 2 is 1.63 bits per heavy atom. The first-order chi connectivity index (χ1) is 13.7. The Bertz CT molecular complexity index is 765. The molecule has 1 nitrogen and oxygen atoms in total. The average Bonchev–Trinajstić information content (AvgIpc) is 2.61. The van der Waals surface area contributed by atoms with Crippen LogP contribution in [0.5, 0.6) is 0 Å². The molecule has 0 saturated carbocycles. The lowest BCUT2D eigenvalue weighted by Gasteiger charge is -2.42. The Kier molecular flexibility index (Phi) is 9.61. The second-order valence-electron chi connectivity index (χ2n) is 11.2. The van der Waals surface area contributed by atoms with E-state index in [0.717, 1.165) is 12.0 Å². The van der Waals surface area contributed by atoms with Gasteiger partial charge in [0.15, 0.2) is 8.32 Å². The van der Waals surface area contributed by atoms with E-state index in [4.69, 9.17) is 4.43 Å². The molecule has 0 heterocycles. The van der Waals surface area contributed by atoms with Gasteiger partial charge in [-0.3, -0.25) is 0 Å². The van der Waals surface area contributed by atoms with Crippen molar-refractivity contribution in [1.82, 2.24) is 0 Å². The Balaban J connectivity index is 3.49. The molecule has 0 radical (unpaired) electrons. The highest BCUT2D eigenvalue weighted by Gasteiger charge is 2.41. The van der Waals surface area contributed by atoms with Gasteiger partial charge in [-0.2, -0.15) is 0 Å². The predicted octanol–water partition coefficient (Wildman–Crippen LogP) is 8.19. The van der Waals surface area contributed by atoms with Crippen LogP contribution in [0.2, 0.25) is 37.8 Å². The second kappa shape index (κ2) is 10.8. The van der Waals surface area contributed by atoms with Crippen LogP contribution in [0, 0.1) is 23.3 Å². The van der Waals surface area contributed by atoms with Crippen LogP contribution < -0.4 is 0 Å². The van der Waals surface area contributed by atoms with E-state index >= 15 is 0 Å². The fourth-order valence-corrected chi connectivity index (χ4v) is 5.01. The molecule has 0 aliphatic rings. The van der Waals surface area contributed by atoms with Gasteiger partial charge in [0.05, 0.1) is 6.10 Å². The topological polar surface area (TPSA) is 9.23 Å². The molecular formula is C27H44OSi2. The highest BCUT2D eigenvalue weighted by molar-refractivity contribution is 6.84. The SMILES string of the molecule is C=CC[C@@H](/C=C(/C#C[Si](C)(C)C)c1ccccc1)[C@@H](O[Si](C)(C)C(C)(C)C)C(C)C. The third kappa shape index (κ3) is 8.42. The molecule has 1 aromatic carbocycles. The molecule has 0 spiro atoms. The van der Waals surface area contributed by atoms with E-state index in [9.17, 15) is 0 Å². The van der Waals surface area contributed by atoms with Crippen molar-refractivity contribution in [2.75, 3.05) is 0 Å². The predicted molar refractivity (Wildman–Crippen MR) is 141 cm³/mol. The third-order valence-corrected chi connectivity index (χ3v) is 11.1. The minimum absolute atomic E-state index is 0.149. The normalized spacial score (nSPS) is 15.4. The van der Waals surface area contributed by atoms with Gasteiger partial charge in [-0.05, 0) is 36.0 Å². The first-order valence-corrected chi connectivity index (χ1v) is 17.7. The third-order valence-electron chi connectivity index (χ3n) is 5.79. The molecule has 1 rings (SSSR count). The van der Waals surface area contributed by atoms with Gasteiger partial charge >= 0.3 is 0 Å². The minimum Gasteiger partial charge on any atom is -0.413 e. The number of allylic oxidation sites excluding steroid dienone is 2. The number of rotatable bonds is 8. The number of benzene rings is 1. The molecule has 0 amide bonds. The van der Waals surface area contributed by atoms with E-state index in [-0.39, 0.29) is 17.1 Å². The summed E-state index contributed by atoms with van der Waals surface area (Å²) in [5.41, 5.74) is 5.88. The first-order valence-electron chi connectivity index (χ1n) is 11.3. The van der Waals surface area contributed by atoms with Gasteiger partial charge in [0.1, 0.15) is 8.07 Å². The fourth-order valence-electron chi connectivity index (χ4n) is 3.02. The van der Waals surface area contributed by atoms with E-state index in [0.29, 0.717) is 5.92 Å². The molecule has 30 heavy (non-hydrogen) atoms. The van der Waals surface area contributed by atoms with Gasteiger partial charge in [0, 0.05) is 11.5 Å². The van der Waals surface area contributed by atoms with Crippen LogP contribution >= 0.6 is 0 Å². The molecule has 0 aliphatic carbocycles. The summed E-state index contributed by atoms with van der Waals surface area (Å²) in [6, 6.07) is 10.6. The Hall–Kier alpha value is -1.35. The van der Waals surface area contributed by atoms with Gasteiger partial charge < -0.3 is 4.43 Å². The van der Waals surface area contributed by atoms with Crippen molar-refractivity contribution in [2.45, 2.75) is 84.9 Å². The standard InChI is InChI=1S/C27H44OSi2/c1-12-16-25(26(22(2)3)28-30(10,11)27(4,5)6)21-24(19-20-29(7,8)9)23-17-14-13-15-18-23/h12-15,17-18,21-22,25-26H,1,16H2,2-11H3/b24-21-/t25-,26-/m0/s1. The van der Waals surface area contributed by atoms with E-state index in [1.165, 1.54) is 5.56 Å². The van der Waals surface area contributed by atoms with Gasteiger partial charge in [-0.1, -0.05) is 103 Å². The highest BCUT2D eigenvalue weighted by atomic mass is 28.4. The van der Waals surface area contributed by atoms with Crippen molar-refractivity contribution in [2.24, 2.45) is 11.8 Å². The molecule has 0 fully saturated rings. The van der Waals surface area contributed by atoms with Crippen LogP contribution in [0.4, 0.5) is 0 Å². The summed E-state index contributed by atoms with van der Waals surface area (Å²) >= 11 is 0. The zero-order valence-corrected chi connectivity index (χ0v) is 23.1. The summed E-state index contributed by atoms with van der Waals surface area (Å²) in [6.07, 6.45) is 5.43. The largest absolute Gasteiger partial charge is 0.413 e. The van der Waals surface area contributed by atoms with Gasteiger partial charge in [-0.25, -0.2) is 0 Å². The molecule has 1 aromatic rings. The van der Waals surface area contributed by atoms with Gasteiger partial charge in [0.2, 0.25) is 0 Å². The summed E-state index contributed by atoms with van der Waals surface area (Å²) in [5, 5.41) is 0.183. The summed E-state index contributed by atoms with van der Waals surface area (Å²) in [7, 11) is -3.38. The van der Waals surface area contributed by atoms with Crippen molar-refractivity contribution in [3.05, 3.63) is 54.6 Å². The van der Waals surface area contributed by atoms with Gasteiger partial charge in [0.25, 0.3) is 0 Å². The Morgan fingerprint density at radius 1 is 1.07 bits per heavy atom. The van der Waals surface area contributed by atoms with Crippen LogP contribution in [-0.4, -0.2) is 22.5 Å². The quantitative estimate of drug-likeness (QED) is 0.225. The molecule has 3 heteroatoms. The van der Waals surface area contributed by atoms with Crippen LogP contribution in [0.3, 0.4) is 0 Å². The molecule has 0 aliphatic heterocycles. The summed E-state index contributed by atoms with van der Waals surface area (Å²) < 4.78 is 6.97. The lowest BCUT2D eigenvalue weighted by Crippen LogP contribution is -2.47. The lowest BCUT2D eigenvalue weighted by molar-refractivity contribution is 0.0949. The summed E-state index contributed by atoms with van der Waals surface area (Å²) in [4.78, 5) is 0. The zero-order valence-electron chi connectivity index (χ0n) is 21.1. The van der Waals surface area contributed by atoms with Crippen molar-refractivity contribution >= 4 is 22.0 Å². The summed E-state index contributed by atoms with van der Waals surface area (Å²) in [5.74, 6) is 4.22. The van der Waals surface area contributed by atoms with Crippen LogP contribution in [0.15, 0.2) is 49.1 Å². The fraction of sp³-hybridized carbons (Fsp3) is 0.556. The van der Waals surface area contributed by atoms with Gasteiger partial charge in [-0.15, -0.1) is 12.1 Å². The first kappa shape index (κ1) is 26.7. The zero-order chi connectivity index (χ0) is 23.2. The maximum Gasteiger partial charge on any atom is 0.192 e. The van der Waals surface area contributed by atoms with E-state index < -0.39 is 16.4 Å². The highest BCUT2D eigenvalue weighted by Crippen LogP contribution is 2.40. The molecule has 166 valence electrons. The Labute approximate surface area is 189 Å². The number of hydrogen-bond acceptors (Lipinski definition) is 1. The van der Waals surface area contributed by atoms with Crippen LogP contribution in [0.1, 0.15) is 46.6 Å². The molecule has 0 saturated heterocycles. The molecule has 0 unspecified atom stereocenters. The second-order valence-corrected chi connectivity index (χ2v) is 20.7. The maximum atomic E-state index is 6.97. The van der Waals surface area contributed by atoms with Crippen LogP contribution in [-0.2, 0) is 4.43 Å². The molecule has 0 aromatic heterocycles. The number of hydrogen-bond donors (Lipinski definition) is 0. The van der Waals surface area contributed by atoms with Crippen molar-refractivity contribution < 1.29 is 4.43 Å². The lowest BCUT2D eigenvalue weighted by atomic mass is 9.88. The molecule has 0 bridgehead atoms. The summed E-state index contributed by atoms with van der Waals surface area (Å²) in [6.45, 7) is 27.1. The maximum absolute atomic E-state index is 6.97. The van der Waals surface area contributed by atoms with Crippen LogP contribution in [0.25, 0.3) is 5.57 Å². The molecule has 0 N–H and O–H groups in total. The molecule has 2 atom stereocenters. The average molecular weight is 441 g/mol. The van der Waals surface area contributed by atoms with E-state index in [1.54, 1.807) is 0 Å². The minimum atomic E-state index is -1.89. The van der Waals surface area contributed by atoms with Crippen molar-refractivity contribution in [1.29, 1.82) is 0 Å². The van der Waals surface area contributed by atoms with Crippen molar-refractivity contribution in [3.8, 4) is 11.5 Å². The van der Waals surface area contributed by atoms with Crippen molar-refractivity contribution in [3.63, 3.8) is 0 Å².